The Labute approximate surface area is 163 Å². The number of amides is 1. The van der Waals surface area contributed by atoms with Crippen LogP contribution in [0.3, 0.4) is 0 Å². The summed E-state index contributed by atoms with van der Waals surface area (Å²) in [5, 5.41) is 10.0. The number of nitrogens with zero attached hydrogens (tertiary/aromatic N) is 3. The standard InChI is InChI=1S/C19H17F3N4O3/c1-3-26-16-9-8-12(10-15(16)24-25-26)18(28)29-11(2)17(27)23-14-7-5-4-6-13(14)19(20,21)22/h4-11H,3H2,1-2H3,(H,23,27)/t11-/m1/s1. The molecular formula is C19H17F3N4O3. The minimum atomic E-state index is -4.63. The fourth-order valence-electron chi connectivity index (χ4n) is 2.69. The van der Waals surface area contributed by atoms with Gasteiger partial charge >= 0.3 is 12.1 Å². The number of rotatable bonds is 5. The Morgan fingerprint density at radius 3 is 2.62 bits per heavy atom. The maximum Gasteiger partial charge on any atom is 0.418 e. The number of ether oxygens (including phenoxy) is 1. The predicted octanol–water partition coefficient (Wildman–Crippen LogP) is 3.65. The zero-order valence-electron chi connectivity index (χ0n) is 15.5. The van der Waals surface area contributed by atoms with Crippen molar-refractivity contribution in [3.05, 3.63) is 53.6 Å². The van der Waals surface area contributed by atoms with Crippen molar-refractivity contribution < 1.29 is 27.5 Å². The van der Waals surface area contributed by atoms with Gasteiger partial charge in [0.25, 0.3) is 5.91 Å². The number of halogens is 3. The average Bonchev–Trinajstić information content (AvgIpc) is 3.09. The summed E-state index contributed by atoms with van der Waals surface area (Å²) in [4.78, 5) is 24.6. The van der Waals surface area contributed by atoms with Crippen molar-refractivity contribution in [2.24, 2.45) is 0 Å². The van der Waals surface area contributed by atoms with E-state index in [0.29, 0.717) is 12.1 Å². The molecule has 1 amide bonds. The molecule has 0 radical (unpaired) electrons. The number of aryl methyl sites for hydroxylation is 1. The quantitative estimate of drug-likeness (QED) is 0.654. The highest BCUT2D eigenvalue weighted by Gasteiger charge is 2.34. The van der Waals surface area contributed by atoms with Gasteiger partial charge in [0, 0.05) is 6.54 Å². The van der Waals surface area contributed by atoms with Gasteiger partial charge in [-0.1, -0.05) is 17.3 Å². The zero-order chi connectivity index (χ0) is 21.2. The molecule has 0 aliphatic rings. The van der Waals surface area contributed by atoms with Crippen LogP contribution in [0.2, 0.25) is 0 Å². The lowest BCUT2D eigenvalue weighted by molar-refractivity contribution is -0.137. The number of hydrogen-bond acceptors (Lipinski definition) is 5. The van der Waals surface area contributed by atoms with Gasteiger partial charge in [-0.05, 0) is 44.2 Å². The molecule has 10 heteroatoms. The van der Waals surface area contributed by atoms with E-state index < -0.39 is 35.4 Å². The second-order valence-corrected chi connectivity index (χ2v) is 6.19. The molecule has 29 heavy (non-hydrogen) atoms. The van der Waals surface area contributed by atoms with Crippen LogP contribution in [0.4, 0.5) is 18.9 Å². The van der Waals surface area contributed by atoms with Gasteiger partial charge in [0.15, 0.2) is 6.10 Å². The molecule has 1 aromatic heterocycles. The van der Waals surface area contributed by atoms with Gasteiger partial charge in [0.1, 0.15) is 5.52 Å². The third-order valence-electron chi connectivity index (χ3n) is 4.19. The van der Waals surface area contributed by atoms with Gasteiger partial charge in [0.05, 0.1) is 22.3 Å². The first kappa shape index (κ1) is 20.3. The number of nitrogens with one attached hydrogen (secondary N) is 1. The summed E-state index contributed by atoms with van der Waals surface area (Å²) in [5.41, 5.74) is -0.0334. The van der Waals surface area contributed by atoms with Gasteiger partial charge in [-0.2, -0.15) is 13.2 Å². The number of hydrogen-bond donors (Lipinski definition) is 1. The minimum Gasteiger partial charge on any atom is -0.449 e. The van der Waals surface area contributed by atoms with E-state index in [-0.39, 0.29) is 5.56 Å². The van der Waals surface area contributed by atoms with Crippen molar-refractivity contribution >= 4 is 28.6 Å². The van der Waals surface area contributed by atoms with Crippen LogP contribution in [-0.4, -0.2) is 33.0 Å². The average molecular weight is 406 g/mol. The number of para-hydroxylation sites is 1. The molecule has 1 heterocycles. The first-order chi connectivity index (χ1) is 13.7. The maximum absolute atomic E-state index is 13.0. The van der Waals surface area contributed by atoms with Crippen LogP contribution in [-0.2, 0) is 22.3 Å². The summed E-state index contributed by atoms with van der Waals surface area (Å²) in [7, 11) is 0. The largest absolute Gasteiger partial charge is 0.449 e. The fraction of sp³-hybridized carbons (Fsp3) is 0.263. The molecule has 7 nitrogen and oxygen atoms in total. The maximum atomic E-state index is 13.0. The summed E-state index contributed by atoms with van der Waals surface area (Å²) < 4.78 is 45.9. The molecule has 0 aliphatic carbocycles. The molecule has 0 bridgehead atoms. The number of aromatic nitrogens is 3. The molecule has 0 unspecified atom stereocenters. The van der Waals surface area contributed by atoms with Crippen LogP contribution >= 0.6 is 0 Å². The van der Waals surface area contributed by atoms with E-state index in [1.165, 1.54) is 31.2 Å². The van der Waals surface area contributed by atoms with Gasteiger partial charge in [0.2, 0.25) is 0 Å². The second-order valence-electron chi connectivity index (χ2n) is 6.19. The SMILES string of the molecule is CCn1nnc2cc(C(=O)O[C@H](C)C(=O)Nc3ccccc3C(F)(F)F)ccc21. The van der Waals surface area contributed by atoms with Crippen molar-refractivity contribution in [1.82, 2.24) is 15.0 Å². The third-order valence-corrected chi connectivity index (χ3v) is 4.19. The van der Waals surface area contributed by atoms with Gasteiger partial charge in [-0.3, -0.25) is 4.79 Å². The number of esters is 1. The summed E-state index contributed by atoms with van der Waals surface area (Å²) in [6.07, 6.45) is -5.94. The molecule has 152 valence electrons. The number of anilines is 1. The Hall–Kier alpha value is -3.43. The molecule has 3 aromatic rings. The van der Waals surface area contributed by atoms with Crippen LogP contribution in [0.1, 0.15) is 29.8 Å². The van der Waals surface area contributed by atoms with Gasteiger partial charge in [-0.25, -0.2) is 9.48 Å². The monoisotopic (exact) mass is 406 g/mol. The van der Waals surface area contributed by atoms with E-state index >= 15 is 0 Å². The van der Waals surface area contributed by atoms with E-state index in [9.17, 15) is 22.8 Å². The molecule has 0 spiro atoms. The molecule has 0 aliphatic heterocycles. The van der Waals surface area contributed by atoms with Crippen molar-refractivity contribution in [2.75, 3.05) is 5.32 Å². The predicted molar refractivity (Wildman–Crippen MR) is 98.2 cm³/mol. The number of benzene rings is 2. The first-order valence-electron chi connectivity index (χ1n) is 8.72. The lowest BCUT2D eigenvalue weighted by Gasteiger charge is -2.16. The minimum absolute atomic E-state index is 0.149. The van der Waals surface area contributed by atoms with Crippen molar-refractivity contribution in [2.45, 2.75) is 32.7 Å². The van der Waals surface area contributed by atoms with Crippen molar-refractivity contribution in [3.8, 4) is 0 Å². The number of carbonyl (C=O) groups excluding carboxylic acids is 2. The highest BCUT2D eigenvalue weighted by molar-refractivity contribution is 5.98. The summed E-state index contributed by atoms with van der Waals surface area (Å²) >= 11 is 0. The zero-order valence-corrected chi connectivity index (χ0v) is 15.5. The molecule has 1 atom stereocenters. The molecule has 0 saturated carbocycles. The van der Waals surface area contributed by atoms with Crippen molar-refractivity contribution in [3.63, 3.8) is 0 Å². The number of alkyl halides is 3. The molecule has 2 aromatic carbocycles. The topological polar surface area (TPSA) is 86.1 Å². The highest BCUT2D eigenvalue weighted by atomic mass is 19.4. The van der Waals surface area contributed by atoms with E-state index in [2.05, 4.69) is 15.6 Å². The molecule has 3 rings (SSSR count). The van der Waals surface area contributed by atoms with E-state index in [4.69, 9.17) is 4.74 Å². The molecular weight excluding hydrogens is 389 g/mol. The van der Waals surface area contributed by atoms with Crippen LogP contribution in [0.25, 0.3) is 11.0 Å². The van der Waals surface area contributed by atoms with Crippen molar-refractivity contribution in [1.29, 1.82) is 0 Å². The Kier molecular flexibility index (Phi) is 5.53. The molecule has 0 fully saturated rings. The normalized spacial score (nSPS) is 12.6. The van der Waals surface area contributed by atoms with E-state index in [1.54, 1.807) is 10.7 Å². The van der Waals surface area contributed by atoms with E-state index in [0.717, 1.165) is 17.6 Å². The summed E-state index contributed by atoms with van der Waals surface area (Å²) in [6, 6.07) is 9.18. The van der Waals surface area contributed by atoms with Crippen LogP contribution in [0.5, 0.6) is 0 Å². The molecule has 1 N–H and O–H groups in total. The highest BCUT2D eigenvalue weighted by Crippen LogP contribution is 2.34. The van der Waals surface area contributed by atoms with Crippen LogP contribution < -0.4 is 5.32 Å². The summed E-state index contributed by atoms with van der Waals surface area (Å²) in [6.45, 7) is 3.78. The molecule has 0 saturated heterocycles. The first-order valence-corrected chi connectivity index (χ1v) is 8.72. The Morgan fingerprint density at radius 2 is 1.93 bits per heavy atom. The second kappa shape index (κ2) is 7.90. The van der Waals surface area contributed by atoms with Gasteiger partial charge < -0.3 is 10.1 Å². The smallest absolute Gasteiger partial charge is 0.418 e. The lowest BCUT2D eigenvalue weighted by atomic mass is 10.1. The number of fused-ring (bicyclic) bond motifs is 1. The van der Waals surface area contributed by atoms with Crippen LogP contribution in [0.15, 0.2) is 42.5 Å². The fourth-order valence-corrected chi connectivity index (χ4v) is 2.69. The third kappa shape index (κ3) is 4.36. The van der Waals surface area contributed by atoms with E-state index in [1.807, 2.05) is 6.92 Å². The summed E-state index contributed by atoms with van der Waals surface area (Å²) in [5.74, 6) is -1.68. The van der Waals surface area contributed by atoms with Gasteiger partial charge in [-0.15, -0.1) is 5.10 Å². The lowest BCUT2D eigenvalue weighted by Crippen LogP contribution is -2.30. The number of carbonyl (C=O) groups is 2. The Balaban J connectivity index is 1.71. The van der Waals surface area contributed by atoms with Crippen LogP contribution in [0, 0.1) is 0 Å². The Bertz CT molecular complexity index is 1060. The Morgan fingerprint density at radius 1 is 1.21 bits per heavy atom.